The van der Waals surface area contributed by atoms with Crippen LogP contribution in [0, 0.1) is 11.7 Å². The highest BCUT2D eigenvalue weighted by molar-refractivity contribution is 5.96. The number of amides is 1. The zero-order valence-corrected chi connectivity index (χ0v) is 19.3. The number of aromatic nitrogens is 2. The molecule has 6 nitrogen and oxygen atoms in total. The third-order valence-corrected chi connectivity index (χ3v) is 7.15. The quantitative estimate of drug-likeness (QED) is 0.498. The number of aliphatic hydroxyl groups excluding tert-OH is 1. The van der Waals surface area contributed by atoms with Crippen LogP contribution in [0.2, 0.25) is 0 Å². The summed E-state index contributed by atoms with van der Waals surface area (Å²) in [6.45, 7) is 0. The Labute approximate surface area is 198 Å². The van der Waals surface area contributed by atoms with E-state index in [1.807, 2.05) is 6.07 Å². The van der Waals surface area contributed by atoms with Gasteiger partial charge in [-0.3, -0.25) is 4.79 Å². The summed E-state index contributed by atoms with van der Waals surface area (Å²) < 4.78 is 19.5. The number of benzene rings is 1. The van der Waals surface area contributed by atoms with Crippen molar-refractivity contribution in [2.75, 3.05) is 7.11 Å². The number of allylic oxidation sites excluding steroid dienone is 2. The first-order valence-electron chi connectivity index (χ1n) is 12.0. The van der Waals surface area contributed by atoms with Crippen molar-refractivity contribution in [2.24, 2.45) is 5.92 Å². The summed E-state index contributed by atoms with van der Waals surface area (Å²) in [6.07, 6.45) is 9.14. The largest absolute Gasteiger partial charge is 0.496 e. The van der Waals surface area contributed by atoms with E-state index in [1.165, 1.54) is 17.7 Å². The number of halogens is 1. The molecule has 7 heteroatoms. The van der Waals surface area contributed by atoms with E-state index >= 15 is 0 Å². The molecular formula is C27H30FN3O3. The molecule has 3 N–H and O–H groups in total. The van der Waals surface area contributed by atoms with Crippen molar-refractivity contribution in [3.63, 3.8) is 0 Å². The molecule has 0 bridgehead atoms. The first-order chi connectivity index (χ1) is 16.5. The standard InChI is InChI=1S/C27H30FN3O3/c1-34-25-11-6-18(28)14-22(25)21-12-13-29-26-23(21)15-24(31-26)16-2-4-17(5-3-16)27(33)30-19-7-9-20(32)10-8-19/h2,6,11-15,17,19-20,32H,3-5,7-10H2,1H3,(H,29,31)(H,30,33). The lowest BCUT2D eigenvalue weighted by Gasteiger charge is -2.28. The highest BCUT2D eigenvalue weighted by Crippen LogP contribution is 2.37. The van der Waals surface area contributed by atoms with E-state index in [-0.39, 0.29) is 29.8 Å². The number of carbonyl (C=O) groups excluding carboxylic acids is 1. The molecule has 1 fully saturated rings. The van der Waals surface area contributed by atoms with Crippen LogP contribution < -0.4 is 10.1 Å². The molecule has 0 aliphatic heterocycles. The average molecular weight is 464 g/mol. The predicted octanol–water partition coefficient (Wildman–Crippen LogP) is 4.98. The summed E-state index contributed by atoms with van der Waals surface area (Å²) in [5.41, 5.74) is 4.42. The van der Waals surface area contributed by atoms with Gasteiger partial charge >= 0.3 is 0 Å². The fourth-order valence-corrected chi connectivity index (χ4v) is 5.18. The number of pyridine rings is 1. The number of carbonyl (C=O) groups is 1. The van der Waals surface area contributed by atoms with Crippen LogP contribution in [-0.4, -0.2) is 40.2 Å². The maximum atomic E-state index is 14.0. The van der Waals surface area contributed by atoms with Gasteiger partial charge in [0.15, 0.2) is 0 Å². The molecule has 34 heavy (non-hydrogen) atoms. The fourth-order valence-electron chi connectivity index (χ4n) is 5.18. The van der Waals surface area contributed by atoms with Gasteiger partial charge in [0.05, 0.1) is 13.2 Å². The van der Waals surface area contributed by atoms with Crippen LogP contribution in [0.3, 0.4) is 0 Å². The Morgan fingerprint density at radius 1 is 1.15 bits per heavy atom. The molecule has 0 spiro atoms. The second kappa shape index (κ2) is 9.58. The van der Waals surface area contributed by atoms with Crippen LogP contribution in [-0.2, 0) is 4.79 Å². The average Bonchev–Trinajstić information content (AvgIpc) is 3.30. The number of rotatable bonds is 5. The Morgan fingerprint density at radius 2 is 1.97 bits per heavy atom. The van der Waals surface area contributed by atoms with Crippen LogP contribution in [0.15, 0.2) is 42.6 Å². The van der Waals surface area contributed by atoms with Crippen LogP contribution in [0.5, 0.6) is 5.75 Å². The highest BCUT2D eigenvalue weighted by Gasteiger charge is 2.27. The number of nitrogens with zero attached hydrogens (tertiary/aromatic N) is 1. The summed E-state index contributed by atoms with van der Waals surface area (Å²) in [5, 5.41) is 13.8. The molecule has 0 radical (unpaired) electrons. The molecule has 178 valence electrons. The van der Waals surface area contributed by atoms with E-state index in [4.69, 9.17) is 4.74 Å². The van der Waals surface area contributed by atoms with Gasteiger partial charge in [-0.25, -0.2) is 9.37 Å². The molecule has 1 aromatic carbocycles. The summed E-state index contributed by atoms with van der Waals surface area (Å²) in [6, 6.07) is 8.61. The van der Waals surface area contributed by atoms with Gasteiger partial charge in [0.1, 0.15) is 17.2 Å². The van der Waals surface area contributed by atoms with Gasteiger partial charge in [0.25, 0.3) is 0 Å². The summed E-state index contributed by atoms with van der Waals surface area (Å²) in [4.78, 5) is 20.6. The molecule has 2 aromatic heterocycles. The van der Waals surface area contributed by atoms with Crippen LogP contribution in [0.25, 0.3) is 27.7 Å². The molecule has 2 aliphatic rings. The van der Waals surface area contributed by atoms with Gasteiger partial charge < -0.3 is 20.1 Å². The van der Waals surface area contributed by atoms with Gasteiger partial charge in [-0.1, -0.05) is 6.08 Å². The summed E-state index contributed by atoms with van der Waals surface area (Å²) in [5.74, 6) is 0.385. The summed E-state index contributed by atoms with van der Waals surface area (Å²) in [7, 11) is 1.58. The molecule has 3 aromatic rings. The lowest BCUT2D eigenvalue weighted by molar-refractivity contribution is -0.126. The third-order valence-electron chi connectivity index (χ3n) is 7.15. The molecule has 1 amide bonds. The molecule has 1 unspecified atom stereocenters. The van der Waals surface area contributed by atoms with E-state index in [0.717, 1.165) is 60.8 Å². The van der Waals surface area contributed by atoms with Gasteiger partial charge in [0, 0.05) is 34.8 Å². The topological polar surface area (TPSA) is 87.2 Å². The zero-order chi connectivity index (χ0) is 23.7. The number of aromatic amines is 1. The second-order valence-corrected chi connectivity index (χ2v) is 9.36. The van der Waals surface area contributed by atoms with E-state index in [2.05, 4.69) is 27.4 Å². The molecule has 2 heterocycles. The number of ether oxygens (including phenoxy) is 1. The molecule has 1 saturated carbocycles. The lowest BCUT2D eigenvalue weighted by atomic mass is 9.86. The number of hydrogen-bond acceptors (Lipinski definition) is 4. The van der Waals surface area contributed by atoms with Crippen molar-refractivity contribution < 1.29 is 19.0 Å². The van der Waals surface area contributed by atoms with Gasteiger partial charge in [-0.05, 0) is 86.4 Å². The molecule has 2 aliphatic carbocycles. The fraction of sp³-hybridized carbons (Fsp3) is 0.407. The monoisotopic (exact) mass is 463 g/mol. The first kappa shape index (κ1) is 22.6. The SMILES string of the molecule is COc1ccc(F)cc1-c1ccnc2[nH]c(C3=CCC(C(=O)NC4CCC(O)CC4)CC3)cc12. The van der Waals surface area contributed by atoms with Crippen molar-refractivity contribution >= 4 is 22.5 Å². The van der Waals surface area contributed by atoms with E-state index in [9.17, 15) is 14.3 Å². The smallest absolute Gasteiger partial charge is 0.223 e. The Balaban J connectivity index is 1.34. The third kappa shape index (κ3) is 4.57. The number of nitrogens with one attached hydrogen (secondary N) is 2. The number of methoxy groups -OCH3 is 1. The van der Waals surface area contributed by atoms with E-state index in [1.54, 1.807) is 19.4 Å². The van der Waals surface area contributed by atoms with Crippen LogP contribution >= 0.6 is 0 Å². The van der Waals surface area contributed by atoms with Crippen molar-refractivity contribution in [3.05, 3.63) is 54.1 Å². The molecule has 5 rings (SSSR count). The van der Waals surface area contributed by atoms with E-state index in [0.29, 0.717) is 17.7 Å². The number of H-pyrrole nitrogens is 1. The van der Waals surface area contributed by atoms with Gasteiger partial charge in [-0.15, -0.1) is 0 Å². The lowest BCUT2D eigenvalue weighted by Crippen LogP contribution is -2.41. The number of hydrogen-bond donors (Lipinski definition) is 3. The van der Waals surface area contributed by atoms with Crippen molar-refractivity contribution in [1.82, 2.24) is 15.3 Å². The zero-order valence-electron chi connectivity index (χ0n) is 19.3. The Hall–Kier alpha value is -3.19. The first-order valence-corrected chi connectivity index (χ1v) is 12.0. The highest BCUT2D eigenvalue weighted by atomic mass is 19.1. The summed E-state index contributed by atoms with van der Waals surface area (Å²) >= 11 is 0. The van der Waals surface area contributed by atoms with Crippen molar-refractivity contribution in [2.45, 2.75) is 57.1 Å². The van der Waals surface area contributed by atoms with Crippen molar-refractivity contribution in [3.8, 4) is 16.9 Å². The van der Waals surface area contributed by atoms with Gasteiger partial charge in [0.2, 0.25) is 5.91 Å². The number of fused-ring (bicyclic) bond motifs is 1. The number of aliphatic hydroxyl groups is 1. The van der Waals surface area contributed by atoms with Crippen LogP contribution in [0.1, 0.15) is 50.6 Å². The molecule has 1 atom stereocenters. The minimum absolute atomic E-state index is 0.0229. The van der Waals surface area contributed by atoms with Gasteiger partial charge in [-0.2, -0.15) is 0 Å². The second-order valence-electron chi connectivity index (χ2n) is 9.36. The molecular weight excluding hydrogens is 433 g/mol. The minimum Gasteiger partial charge on any atom is -0.496 e. The Kier molecular flexibility index (Phi) is 6.37. The predicted molar refractivity (Wildman–Crippen MR) is 130 cm³/mol. The maximum absolute atomic E-state index is 14.0. The van der Waals surface area contributed by atoms with E-state index < -0.39 is 0 Å². The molecule has 0 saturated heterocycles. The Morgan fingerprint density at radius 3 is 2.71 bits per heavy atom. The van der Waals surface area contributed by atoms with Crippen LogP contribution in [0.4, 0.5) is 4.39 Å². The maximum Gasteiger partial charge on any atom is 0.223 e. The normalized spacial score (nSPS) is 22.9. The Bertz CT molecular complexity index is 1230. The minimum atomic E-state index is -0.319. The van der Waals surface area contributed by atoms with Crippen molar-refractivity contribution in [1.29, 1.82) is 0 Å².